The number of primary sulfonamides is 1. The Hall–Kier alpha value is -1.98. The van der Waals surface area contributed by atoms with Gasteiger partial charge >= 0.3 is 0 Å². The monoisotopic (exact) mass is 457 g/mol. The highest BCUT2D eigenvalue weighted by Gasteiger charge is 2.30. The molecule has 0 radical (unpaired) electrons. The van der Waals surface area contributed by atoms with Gasteiger partial charge in [0, 0.05) is 18.8 Å². The van der Waals surface area contributed by atoms with E-state index in [1.54, 1.807) is 0 Å². The zero-order valence-corrected chi connectivity index (χ0v) is 18.1. The first-order chi connectivity index (χ1) is 14.0. The van der Waals surface area contributed by atoms with Gasteiger partial charge in [0.25, 0.3) is 10.9 Å². The van der Waals surface area contributed by atoms with Crippen molar-refractivity contribution >= 4 is 38.7 Å². The third-order valence-corrected chi connectivity index (χ3v) is 6.87. The van der Waals surface area contributed by atoms with E-state index in [-0.39, 0.29) is 33.7 Å². The Balaban J connectivity index is 1.99. The number of rotatable bonds is 7. The molecule has 11 heteroatoms. The number of benzene rings is 1. The maximum atomic E-state index is 12.2. The van der Waals surface area contributed by atoms with Crippen LogP contribution in [-0.4, -0.2) is 26.7 Å². The molecule has 1 aliphatic carbocycles. The van der Waals surface area contributed by atoms with Crippen molar-refractivity contribution in [1.29, 1.82) is 0 Å². The van der Waals surface area contributed by atoms with Crippen LogP contribution in [0.15, 0.2) is 26.6 Å². The van der Waals surface area contributed by atoms with Gasteiger partial charge in [-0.25, -0.2) is 13.6 Å². The maximum absolute atomic E-state index is 12.2. The molecule has 2 aromatic carbocycles. The second kappa shape index (κ2) is 8.64. The molecule has 9 nitrogen and oxygen atoms in total. The number of halogens is 1. The minimum Gasteiger partial charge on any atom is -0.377 e. The molecule has 0 amide bonds. The molecule has 0 spiro atoms. The fourth-order valence-corrected chi connectivity index (χ4v) is 5.07. The summed E-state index contributed by atoms with van der Waals surface area (Å²) in [6, 6.07) is 2.70. The molecule has 164 valence electrons. The minimum atomic E-state index is -4.33. The van der Waals surface area contributed by atoms with Gasteiger partial charge in [-0.3, -0.25) is 9.59 Å². The van der Waals surface area contributed by atoms with E-state index in [4.69, 9.17) is 21.5 Å². The van der Waals surface area contributed by atoms with E-state index >= 15 is 0 Å². The summed E-state index contributed by atoms with van der Waals surface area (Å²) >= 11 is 5.99. The van der Waals surface area contributed by atoms with Gasteiger partial charge < -0.3 is 20.5 Å². The van der Waals surface area contributed by atoms with Gasteiger partial charge in [0.2, 0.25) is 10.0 Å². The van der Waals surface area contributed by atoms with Gasteiger partial charge in [-0.2, -0.15) is 0 Å². The lowest BCUT2D eigenvalue weighted by Gasteiger charge is -2.29. The van der Waals surface area contributed by atoms with E-state index in [2.05, 4.69) is 17.6 Å². The summed E-state index contributed by atoms with van der Waals surface area (Å²) in [6.07, 6.45) is 2.11. The molecule has 1 aliphatic rings. The summed E-state index contributed by atoms with van der Waals surface area (Å²) in [6.45, 7) is 2.17. The number of aliphatic hydroxyl groups is 1. The highest BCUT2D eigenvalue weighted by Crippen LogP contribution is 2.37. The second-order valence-corrected chi connectivity index (χ2v) is 9.51. The van der Waals surface area contributed by atoms with Crippen LogP contribution in [0.2, 0.25) is 5.02 Å². The molecule has 1 saturated carbocycles. The number of hydrogen-bond acceptors (Lipinski definition) is 8. The Morgan fingerprint density at radius 2 is 1.77 bits per heavy atom. The van der Waals surface area contributed by atoms with E-state index in [1.165, 1.54) is 12.1 Å². The zero-order valence-electron chi connectivity index (χ0n) is 16.6. The molecule has 1 fully saturated rings. The number of nitrogens with one attached hydrogen (secondary N) is 2. The number of hydrogen-bond donors (Lipinski definition) is 4. The van der Waals surface area contributed by atoms with Crippen LogP contribution >= 0.6 is 11.6 Å². The van der Waals surface area contributed by atoms with Crippen molar-refractivity contribution in [2.24, 2.45) is 11.1 Å². The minimum absolute atomic E-state index is 0.00846. The van der Waals surface area contributed by atoms with Crippen LogP contribution in [0.25, 0.3) is 0 Å². The van der Waals surface area contributed by atoms with Crippen LogP contribution in [0.3, 0.4) is 0 Å². The number of nitrogens with two attached hydrogens (primary N) is 1. The zero-order chi connectivity index (χ0) is 22.2. The fourth-order valence-electron chi connectivity index (χ4n) is 3.73. The quantitative estimate of drug-likeness (QED) is 0.364. The normalized spacial score (nSPS) is 20.8. The summed E-state index contributed by atoms with van der Waals surface area (Å²) in [5.74, 6) is 0.622. The molecule has 2 aromatic rings. The van der Waals surface area contributed by atoms with E-state index < -0.39 is 32.1 Å². The highest BCUT2D eigenvalue weighted by atomic mass is 35.5. The second-order valence-electron chi connectivity index (χ2n) is 7.61. The lowest BCUT2D eigenvalue weighted by atomic mass is 9.87. The Bertz CT molecular complexity index is 1120. The summed E-state index contributed by atoms with van der Waals surface area (Å²) in [7, 11) is -3.16. The van der Waals surface area contributed by atoms with E-state index in [9.17, 15) is 23.1 Å². The van der Waals surface area contributed by atoms with Gasteiger partial charge in [-0.1, -0.05) is 18.5 Å². The molecule has 0 heterocycles. The van der Waals surface area contributed by atoms with E-state index in [0.29, 0.717) is 5.92 Å². The molecule has 0 aromatic heterocycles. The molecule has 3 rings (SSSR count). The fraction of sp³-hybridized carbons (Fsp3) is 0.474. The van der Waals surface area contributed by atoms with E-state index in [1.807, 2.05) is 0 Å². The number of ether oxygens (including phenoxy) is 1. The van der Waals surface area contributed by atoms with Crippen LogP contribution in [0.4, 0.5) is 17.1 Å². The van der Waals surface area contributed by atoms with Crippen LogP contribution in [0.1, 0.15) is 44.5 Å². The molecule has 30 heavy (non-hydrogen) atoms. The first kappa shape index (κ1) is 22.7. The number of methoxy groups -OCH3 is 1. The molecule has 0 saturated heterocycles. The van der Waals surface area contributed by atoms with Gasteiger partial charge in [0.05, 0.1) is 10.6 Å². The molecular formula is C19H24ClN3O6S. The number of aliphatic hydroxyl groups excluding tert-OH is 1. The summed E-state index contributed by atoms with van der Waals surface area (Å²) < 4.78 is 28.9. The Morgan fingerprint density at radius 3 is 2.33 bits per heavy atom. The largest absolute Gasteiger partial charge is 0.377 e. The Kier molecular flexibility index (Phi) is 6.54. The van der Waals surface area contributed by atoms with Crippen molar-refractivity contribution in [3.05, 3.63) is 43.2 Å². The maximum Gasteiger partial charge on any atom is 0.253 e. The SMILES string of the molecule is COC(O)c1c(Nc2c(NC3CCC(C)CC3)c(=O)c2=O)ccc(Cl)c1S(N)(=O)=O. The van der Waals surface area contributed by atoms with Crippen LogP contribution in [-0.2, 0) is 14.8 Å². The van der Waals surface area contributed by atoms with Crippen molar-refractivity contribution in [2.45, 2.75) is 49.8 Å². The highest BCUT2D eigenvalue weighted by molar-refractivity contribution is 7.89. The Morgan fingerprint density at radius 1 is 1.17 bits per heavy atom. The molecule has 5 N–H and O–H groups in total. The van der Waals surface area contributed by atoms with Gasteiger partial charge in [-0.05, 0) is 43.7 Å². The lowest BCUT2D eigenvalue weighted by Crippen LogP contribution is -2.40. The number of anilines is 3. The first-order valence-electron chi connectivity index (χ1n) is 9.47. The number of sulfonamides is 1. The smallest absolute Gasteiger partial charge is 0.253 e. The molecular weight excluding hydrogens is 434 g/mol. The van der Waals surface area contributed by atoms with Crippen molar-refractivity contribution in [3.8, 4) is 0 Å². The van der Waals surface area contributed by atoms with Gasteiger partial charge in [0.1, 0.15) is 16.3 Å². The lowest BCUT2D eigenvalue weighted by molar-refractivity contribution is -0.0782. The molecule has 1 atom stereocenters. The molecule has 1 unspecified atom stereocenters. The van der Waals surface area contributed by atoms with E-state index in [0.717, 1.165) is 32.8 Å². The molecule has 0 bridgehead atoms. The summed E-state index contributed by atoms with van der Waals surface area (Å²) in [5, 5.41) is 21.2. The predicted molar refractivity (Wildman–Crippen MR) is 114 cm³/mol. The predicted octanol–water partition coefficient (Wildman–Crippen LogP) is 1.95. The summed E-state index contributed by atoms with van der Waals surface area (Å²) in [5.41, 5.74) is -1.48. The third kappa shape index (κ3) is 4.37. The van der Waals surface area contributed by atoms with Crippen molar-refractivity contribution in [3.63, 3.8) is 0 Å². The summed E-state index contributed by atoms with van der Waals surface area (Å²) in [4.78, 5) is 23.8. The van der Waals surface area contributed by atoms with Crippen LogP contribution < -0.4 is 26.6 Å². The molecule has 0 aliphatic heterocycles. The Labute approximate surface area is 178 Å². The van der Waals surface area contributed by atoms with Crippen molar-refractivity contribution in [2.75, 3.05) is 17.7 Å². The van der Waals surface area contributed by atoms with Crippen molar-refractivity contribution < 1.29 is 18.3 Å². The topological polar surface area (TPSA) is 148 Å². The average Bonchev–Trinajstić information content (AvgIpc) is 2.70. The van der Waals surface area contributed by atoms with Crippen molar-refractivity contribution in [1.82, 2.24) is 0 Å². The average molecular weight is 458 g/mol. The van der Waals surface area contributed by atoms with Crippen LogP contribution in [0, 0.1) is 5.92 Å². The standard InChI is InChI=1S/C19H24ClN3O6S/c1-9-3-5-10(6-4-9)22-14-15(17(25)16(14)24)23-12-8-7-11(20)18(30(21,27)28)13(12)19(26)29-2/h7-10,19,22-23,26H,3-6H2,1-2H3,(H2,21,27,28). The first-order valence-corrected chi connectivity index (χ1v) is 11.4. The van der Waals surface area contributed by atoms with Crippen LogP contribution in [0.5, 0.6) is 0 Å². The third-order valence-electron chi connectivity index (χ3n) is 5.44. The van der Waals surface area contributed by atoms with Gasteiger partial charge in [0.15, 0.2) is 6.29 Å². The van der Waals surface area contributed by atoms with Gasteiger partial charge in [-0.15, -0.1) is 0 Å².